The number of oxime groups is 1. The number of carboxylic acid groups (broad SMARTS) is 1. The van der Waals surface area contributed by atoms with Gasteiger partial charge in [-0.3, -0.25) is 9.78 Å². The van der Waals surface area contributed by atoms with E-state index in [2.05, 4.69) is 70.9 Å². The van der Waals surface area contributed by atoms with Crippen LogP contribution in [0.3, 0.4) is 0 Å². The minimum Gasteiger partial charge on any atom is -0.481 e. The average molecular weight is 496 g/mol. The zero-order valence-corrected chi connectivity index (χ0v) is 21.3. The van der Waals surface area contributed by atoms with Crippen molar-refractivity contribution in [3.8, 4) is 0 Å². The van der Waals surface area contributed by atoms with Gasteiger partial charge in [-0.25, -0.2) is 0 Å². The summed E-state index contributed by atoms with van der Waals surface area (Å²) in [5, 5.41) is 26.5. The molecular weight excluding hydrogens is 462 g/mol. The first-order valence-corrected chi connectivity index (χ1v) is 13.2. The lowest BCUT2D eigenvalue weighted by molar-refractivity contribution is -0.147. The summed E-state index contributed by atoms with van der Waals surface area (Å²) in [5.74, 6) is -0.112. The highest BCUT2D eigenvalue weighted by atomic mass is 16.4. The van der Waals surface area contributed by atoms with Gasteiger partial charge < -0.3 is 15.6 Å². The molecule has 3 N–H and O–H groups in total. The molecule has 0 radical (unpaired) electrons. The summed E-state index contributed by atoms with van der Waals surface area (Å²) in [6.07, 6.45) is 5.18. The third-order valence-electron chi connectivity index (χ3n) is 8.97. The minimum atomic E-state index is -0.635. The summed E-state index contributed by atoms with van der Waals surface area (Å²) in [6.45, 7) is 4.07. The van der Waals surface area contributed by atoms with Crippen molar-refractivity contribution in [3.05, 3.63) is 100 Å². The van der Waals surface area contributed by atoms with Crippen LogP contribution in [0.15, 0.2) is 72.0 Å². The predicted octanol–water partition coefficient (Wildman–Crippen LogP) is 5.61. The number of hydrogen-bond donors (Lipinski definition) is 3. The molecule has 1 saturated heterocycles. The lowest BCUT2D eigenvalue weighted by Crippen LogP contribution is -2.33. The number of rotatable bonds is 8. The van der Waals surface area contributed by atoms with Gasteiger partial charge in [-0.15, -0.1) is 0 Å². The Morgan fingerprint density at radius 1 is 1.11 bits per heavy atom. The average Bonchev–Trinajstić information content (AvgIpc) is 3.78. The standard InChI is InChI=1S/C31H33N3O3/c1-18-5-3-4-6-24(18)25(14-27(34-37)22-11-12-32-19(2)13-22)20-7-9-21(10-8-20)28-29(33-28)26-17-31(26)15-23(16-31)30(35)36/h3-13,23,25-26,28-29,33,37H,14-17H2,1-2H3,(H,35,36)/b34-27+/t23?,25-,26?,28?,29?,31?/m1/s1. The lowest BCUT2D eigenvalue weighted by atomic mass is 9.70. The second kappa shape index (κ2) is 9.10. The highest BCUT2D eigenvalue weighted by Gasteiger charge is 2.68. The number of carboxylic acids is 1. The van der Waals surface area contributed by atoms with E-state index >= 15 is 0 Å². The third-order valence-corrected chi connectivity index (χ3v) is 8.97. The highest BCUT2D eigenvalue weighted by Crippen LogP contribution is 2.71. The molecule has 0 amide bonds. The van der Waals surface area contributed by atoms with E-state index in [0.717, 1.165) is 30.5 Å². The van der Waals surface area contributed by atoms with Gasteiger partial charge in [-0.05, 0) is 78.8 Å². The lowest BCUT2D eigenvalue weighted by Gasteiger charge is -2.34. The normalized spacial score (nSPS) is 29.0. The van der Waals surface area contributed by atoms with Crippen LogP contribution < -0.4 is 5.32 Å². The molecule has 6 heteroatoms. The second-order valence-electron chi connectivity index (χ2n) is 11.3. The summed E-state index contributed by atoms with van der Waals surface area (Å²) in [4.78, 5) is 15.5. The number of aromatic nitrogens is 1. The fourth-order valence-electron chi connectivity index (χ4n) is 6.71. The van der Waals surface area contributed by atoms with Crippen molar-refractivity contribution in [1.29, 1.82) is 0 Å². The van der Waals surface area contributed by atoms with E-state index in [-0.39, 0.29) is 17.3 Å². The first kappa shape index (κ1) is 23.9. The number of nitrogens with zero attached hydrogens (tertiary/aromatic N) is 2. The Labute approximate surface area is 217 Å². The van der Waals surface area contributed by atoms with Crippen LogP contribution in [0.25, 0.3) is 0 Å². The monoisotopic (exact) mass is 495 g/mol. The van der Waals surface area contributed by atoms with Crippen LogP contribution in [-0.4, -0.2) is 33.0 Å². The van der Waals surface area contributed by atoms with Crippen molar-refractivity contribution >= 4 is 11.7 Å². The Hall–Kier alpha value is -3.51. The molecule has 2 saturated carbocycles. The van der Waals surface area contributed by atoms with Crippen molar-refractivity contribution in [1.82, 2.24) is 10.3 Å². The van der Waals surface area contributed by atoms with E-state index in [1.54, 1.807) is 6.20 Å². The molecule has 4 atom stereocenters. The summed E-state index contributed by atoms with van der Waals surface area (Å²) in [7, 11) is 0. The van der Waals surface area contributed by atoms with Crippen LogP contribution in [0.1, 0.15) is 71.2 Å². The number of hydrogen-bond acceptors (Lipinski definition) is 5. The van der Waals surface area contributed by atoms with E-state index in [0.29, 0.717) is 30.1 Å². The second-order valence-corrected chi connectivity index (χ2v) is 11.3. The van der Waals surface area contributed by atoms with Gasteiger partial charge >= 0.3 is 5.97 Å². The molecule has 0 bridgehead atoms. The Kier molecular flexibility index (Phi) is 5.87. The van der Waals surface area contributed by atoms with Crippen LogP contribution in [0.2, 0.25) is 0 Å². The van der Waals surface area contributed by atoms with Gasteiger partial charge in [0, 0.05) is 41.9 Å². The van der Waals surface area contributed by atoms with Crippen molar-refractivity contribution in [2.24, 2.45) is 22.4 Å². The molecule has 3 unspecified atom stereocenters. The first-order valence-electron chi connectivity index (χ1n) is 13.2. The topological polar surface area (TPSA) is 105 Å². The smallest absolute Gasteiger partial charge is 0.306 e. The van der Waals surface area contributed by atoms with Crippen LogP contribution in [0, 0.1) is 31.1 Å². The van der Waals surface area contributed by atoms with Gasteiger partial charge in [0.25, 0.3) is 0 Å². The molecule has 1 aromatic heterocycles. The molecular formula is C31H33N3O3. The minimum absolute atomic E-state index is 0.0483. The van der Waals surface area contributed by atoms with Gasteiger partial charge in [0.05, 0.1) is 11.6 Å². The fourth-order valence-corrected chi connectivity index (χ4v) is 6.71. The van der Waals surface area contributed by atoms with Gasteiger partial charge in [0.15, 0.2) is 0 Å². The van der Waals surface area contributed by atoms with Crippen LogP contribution in [-0.2, 0) is 4.79 Å². The van der Waals surface area contributed by atoms with Gasteiger partial charge in [0.2, 0.25) is 0 Å². The van der Waals surface area contributed by atoms with E-state index in [1.807, 2.05) is 19.1 Å². The summed E-state index contributed by atoms with van der Waals surface area (Å²) in [5.41, 5.74) is 7.62. The molecule has 3 fully saturated rings. The number of benzene rings is 2. The molecule has 2 heterocycles. The zero-order valence-electron chi connectivity index (χ0n) is 21.3. The number of aliphatic carboxylic acids is 1. The van der Waals surface area contributed by atoms with Crippen LogP contribution in [0.5, 0.6) is 0 Å². The van der Waals surface area contributed by atoms with Crippen LogP contribution in [0.4, 0.5) is 0 Å². The van der Waals surface area contributed by atoms with Crippen LogP contribution >= 0.6 is 0 Å². The highest BCUT2D eigenvalue weighted by molar-refractivity contribution is 6.01. The predicted molar refractivity (Wildman–Crippen MR) is 142 cm³/mol. The molecule has 3 aliphatic rings. The Morgan fingerprint density at radius 2 is 1.86 bits per heavy atom. The van der Waals surface area contributed by atoms with Gasteiger partial charge in [0.1, 0.15) is 0 Å². The quantitative estimate of drug-likeness (QED) is 0.163. The Morgan fingerprint density at radius 3 is 2.54 bits per heavy atom. The SMILES string of the molecule is Cc1cc(/C(C[C@H](c2ccc(C3NC3C3CC34CC(C(=O)O)C4)cc2)c2ccccc2C)=N/O)ccn1. The van der Waals surface area contributed by atoms with Gasteiger partial charge in [-0.2, -0.15) is 0 Å². The molecule has 1 aliphatic heterocycles. The molecule has 2 aromatic carbocycles. The molecule has 37 heavy (non-hydrogen) atoms. The largest absolute Gasteiger partial charge is 0.481 e. The maximum absolute atomic E-state index is 11.2. The Bertz CT molecular complexity index is 1360. The first-order chi connectivity index (χ1) is 17.9. The molecule has 1 spiro atoms. The maximum atomic E-state index is 11.2. The summed E-state index contributed by atoms with van der Waals surface area (Å²) in [6, 6.07) is 21.9. The summed E-state index contributed by atoms with van der Waals surface area (Å²) < 4.78 is 0. The van der Waals surface area contributed by atoms with Crippen molar-refractivity contribution in [2.75, 3.05) is 0 Å². The molecule has 6 nitrogen and oxygen atoms in total. The Balaban J connectivity index is 1.20. The number of nitrogens with one attached hydrogen (secondary N) is 1. The number of aryl methyl sites for hydroxylation is 2. The van der Waals surface area contributed by atoms with Gasteiger partial charge in [-0.1, -0.05) is 53.7 Å². The van der Waals surface area contributed by atoms with E-state index in [4.69, 9.17) is 0 Å². The maximum Gasteiger partial charge on any atom is 0.306 e. The van der Waals surface area contributed by atoms with Crippen molar-refractivity contribution in [3.63, 3.8) is 0 Å². The third kappa shape index (κ3) is 4.44. The molecule has 6 rings (SSSR count). The summed E-state index contributed by atoms with van der Waals surface area (Å²) >= 11 is 0. The van der Waals surface area contributed by atoms with E-state index < -0.39 is 5.97 Å². The molecule has 190 valence electrons. The van der Waals surface area contributed by atoms with Crippen molar-refractivity contribution < 1.29 is 15.1 Å². The van der Waals surface area contributed by atoms with E-state index in [1.165, 1.54) is 22.3 Å². The van der Waals surface area contributed by atoms with E-state index in [9.17, 15) is 15.1 Å². The number of carbonyl (C=O) groups is 1. The fraction of sp³-hybridized carbons (Fsp3) is 0.387. The number of pyridine rings is 1. The molecule has 2 aliphatic carbocycles. The molecule has 3 aromatic rings. The zero-order chi connectivity index (χ0) is 25.7. The van der Waals surface area contributed by atoms with Crippen molar-refractivity contribution in [2.45, 2.75) is 57.5 Å².